The predicted octanol–water partition coefficient (Wildman–Crippen LogP) is 5.09. The van der Waals surface area contributed by atoms with E-state index in [4.69, 9.17) is 4.74 Å². The molecule has 3 aromatic carbocycles. The van der Waals surface area contributed by atoms with Crippen LogP contribution in [0.2, 0.25) is 0 Å². The summed E-state index contributed by atoms with van der Waals surface area (Å²) in [5.74, 6) is 0.915. The van der Waals surface area contributed by atoms with Gasteiger partial charge in [-0.25, -0.2) is 0 Å². The average Bonchev–Trinajstić information content (AvgIpc) is 2.90. The molecule has 0 amide bonds. The number of ether oxygens (including phenoxy) is 1. The van der Waals surface area contributed by atoms with E-state index in [2.05, 4.69) is 72.5 Å². The highest BCUT2D eigenvalue weighted by Gasteiger charge is 2.44. The highest BCUT2D eigenvalue weighted by molar-refractivity contribution is 5.74. The van der Waals surface area contributed by atoms with Gasteiger partial charge in [-0.15, -0.1) is 0 Å². The molecule has 1 atom stereocenters. The van der Waals surface area contributed by atoms with Gasteiger partial charge in [-0.2, -0.15) is 0 Å². The van der Waals surface area contributed by atoms with Crippen LogP contribution in [0, 0.1) is 0 Å². The third-order valence-corrected chi connectivity index (χ3v) is 4.17. The minimum Gasteiger partial charge on any atom is -0.461 e. The number of para-hydroxylation sites is 3. The molecule has 0 radical (unpaired) electrons. The quantitative estimate of drug-likeness (QED) is 0.651. The van der Waals surface area contributed by atoms with Crippen LogP contribution in [0.1, 0.15) is 12.5 Å². The van der Waals surface area contributed by atoms with Gasteiger partial charge in [-0.3, -0.25) is 4.90 Å². The first-order chi connectivity index (χ1) is 10.8. The molecule has 1 aliphatic rings. The molecule has 0 bridgehead atoms. The van der Waals surface area contributed by atoms with Gasteiger partial charge >= 0.3 is 0 Å². The van der Waals surface area contributed by atoms with Crippen molar-refractivity contribution in [2.45, 2.75) is 12.6 Å². The second kappa shape index (κ2) is 4.92. The second-order valence-corrected chi connectivity index (χ2v) is 5.59. The summed E-state index contributed by atoms with van der Waals surface area (Å²) < 4.78 is 6.37. The van der Waals surface area contributed by atoms with Crippen LogP contribution in [0.5, 0.6) is 5.75 Å². The lowest BCUT2D eigenvalue weighted by Crippen LogP contribution is -2.41. The van der Waals surface area contributed by atoms with Crippen molar-refractivity contribution in [3.8, 4) is 5.75 Å². The van der Waals surface area contributed by atoms with Gasteiger partial charge in [0, 0.05) is 11.3 Å². The number of rotatable bonds is 2. The molecule has 4 rings (SSSR count). The Hall–Kier alpha value is -2.74. The number of hydrogen-bond acceptors (Lipinski definition) is 2. The Kier molecular flexibility index (Phi) is 2.90. The number of anilines is 2. The smallest absolute Gasteiger partial charge is 0.210 e. The van der Waals surface area contributed by atoms with Crippen molar-refractivity contribution >= 4 is 11.4 Å². The highest BCUT2D eigenvalue weighted by atomic mass is 16.5. The summed E-state index contributed by atoms with van der Waals surface area (Å²) >= 11 is 0. The molecule has 2 heteroatoms. The van der Waals surface area contributed by atoms with E-state index in [9.17, 15) is 0 Å². The molecular formula is C20H17NO. The standard InChI is InChI=1S/C20H17NO/c1-20(16-10-4-2-5-11-16)21(17-12-6-3-7-13-17)18-14-8-9-15-19(18)22-20/h2-15H,1H3. The molecule has 1 aliphatic heterocycles. The fourth-order valence-corrected chi connectivity index (χ4v) is 3.12. The van der Waals surface area contributed by atoms with Gasteiger partial charge in [0.2, 0.25) is 5.72 Å². The first-order valence-corrected chi connectivity index (χ1v) is 7.48. The lowest BCUT2D eigenvalue weighted by molar-refractivity contribution is 0.119. The first kappa shape index (κ1) is 13.0. The third kappa shape index (κ3) is 1.88. The van der Waals surface area contributed by atoms with Gasteiger partial charge in [-0.1, -0.05) is 60.7 Å². The Bertz CT molecular complexity index is 785. The zero-order valence-corrected chi connectivity index (χ0v) is 12.4. The maximum atomic E-state index is 6.37. The minimum atomic E-state index is -0.549. The molecule has 0 fully saturated rings. The van der Waals surface area contributed by atoms with Gasteiger partial charge < -0.3 is 4.74 Å². The molecule has 0 aromatic heterocycles. The molecule has 3 aromatic rings. The van der Waals surface area contributed by atoms with Crippen LogP contribution in [-0.2, 0) is 5.72 Å². The van der Waals surface area contributed by atoms with E-state index in [-0.39, 0.29) is 0 Å². The van der Waals surface area contributed by atoms with Crippen LogP contribution >= 0.6 is 0 Å². The molecular weight excluding hydrogens is 270 g/mol. The molecule has 0 aliphatic carbocycles. The minimum absolute atomic E-state index is 0.549. The second-order valence-electron chi connectivity index (χ2n) is 5.59. The van der Waals surface area contributed by atoms with Crippen molar-refractivity contribution in [3.05, 3.63) is 90.5 Å². The molecule has 108 valence electrons. The molecule has 1 heterocycles. The fraction of sp³-hybridized carbons (Fsp3) is 0.100. The fourth-order valence-electron chi connectivity index (χ4n) is 3.12. The van der Waals surface area contributed by atoms with Gasteiger partial charge in [0.1, 0.15) is 5.75 Å². The number of benzene rings is 3. The molecule has 0 N–H and O–H groups in total. The van der Waals surface area contributed by atoms with Gasteiger partial charge in [0.15, 0.2) is 0 Å². The van der Waals surface area contributed by atoms with Crippen LogP contribution in [0.3, 0.4) is 0 Å². The Morgan fingerprint density at radius 1 is 0.727 bits per heavy atom. The van der Waals surface area contributed by atoms with E-state index in [1.807, 2.05) is 24.3 Å². The highest BCUT2D eigenvalue weighted by Crippen LogP contribution is 2.50. The predicted molar refractivity (Wildman–Crippen MR) is 89.4 cm³/mol. The van der Waals surface area contributed by atoms with Crippen LogP contribution in [0.4, 0.5) is 11.4 Å². The molecule has 0 saturated heterocycles. The zero-order chi connectivity index (χ0) is 15.0. The van der Waals surface area contributed by atoms with Crippen LogP contribution in [0.25, 0.3) is 0 Å². The molecule has 1 unspecified atom stereocenters. The van der Waals surface area contributed by atoms with E-state index in [0.29, 0.717) is 0 Å². The van der Waals surface area contributed by atoms with Gasteiger partial charge in [-0.05, 0) is 31.2 Å². The van der Waals surface area contributed by atoms with Crippen LogP contribution in [0.15, 0.2) is 84.9 Å². The summed E-state index contributed by atoms with van der Waals surface area (Å²) in [7, 11) is 0. The van der Waals surface area contributed by atoms with Crippen molar-refractivity contribution in [2.24, 2.45) is 0 Å². The molecule has 2 nitrogen and oxygen atoms in total. The maximum Gasteiger partial charge on any atom is 0.210 e. The van der Waals surface area contributed by atoms with E-state index in [1.165, 1.54) is 0 Å². The van der Waals surface area contributed by atoms with Gasteiger partial charge in [0.05, 0.1) is 5.69 Å². The van der Waals surface area contributed by atoms with Crippen LogP contribution < -0.4 is 9.64 Å². The topological polar surface area (TPSA) is 12.5 Å². The Morgan fingerprint density at radius 3 is 2.05 bits per heavy atom. The lowest BCUT2D eigenvalue weighted by atomic mass is 10.0. The Morgan fingerprint density at radius 2 is 1.32 bits per heavy atom. The van der Waals surface area contributed by atoms with Crippen molar-refractivity contribution in [1.82, 2.24) is 0 Å². The monoisotopic (exact) mass is 287 g/mol. The number of fused-ring (bicyclic) bond motifs is 1. The normalized spacial score (nSPS) is 19.6. The summed E-state index contributed by atoms with van der Waals surface area (Å²) in [4.78, 5) is 2.26. The average molecular weight is 287 g/mol. The first-order valence-electron chi connectivity index (χ1n) is 7.48. The van der Waals surface area contributed by atoms with Crippen LogP contribution in [-0.4, -0.2) is 0 Å². The molecule has 0 spiro atoms. The van der Waals surface area contributed by atoms with Crippen molar-refractivity contribution < 1.29 is 4.74 Å². The number of hydrogen-bond donors (Lipinski definition) is 0. The number of nitrogens with zero attached hydrogens (tertiary/aromatic N) is 1. The SMILES string of the molecule is CC1(c2ccccc2)Oc2ccccc2N1c1ccccc1. The third-order valence-electron chi connectivity index (χ3n) is 4.17. The molecule has 0 saturated carbocycles. The lowest BCUT2D eigenvalue weighted by Gasteiger charge is -2.35. The van der Waals surface area contributed by atoms with Crippen molar-refractivity contribution in [2.75, 3.05) is 4.90 Å². The van der Waals surface area contributed by atoms with E-state index in [1.54, 1.807) is 0 Å². The van der Waals surface area contributed by atoms with E-state index < -0.39 is 5.72 Å². The summed E-state index contributed by atoms with van der Waals surface area (Å²) in [6, 6.07) is 28.9. The van der Waals surface area contributed by atoms with Crippen molar-refractivity contribution in [3.63, 3.8) is 0 Å². The van der Waals surface area contributed by atoms with E-state index in [0.717, 1.165) is 22.7 Å². The van der Waals surface area contributed by atoms with E-state index >= 15 is 0 Å². The Labute approximate surface area is 130 Å². The summed E-state index contributed by atoms with van der Waals surface area (Å²) in [5, 5.41) is 0. The zero-order valence-electron chi connectivity index (χ0n) is 12.4. The largest absolute Gasteiger partial charge is 0.461 e. The summed E-state index contributed by atoms with van der Waals surface area (Å²) in [6.07, 6.45) is 0. The molecule has 22 heavy (non-hydrogen) atoms. The van der Waals surface area contributed by atoms with Crippen molar-refractivity contribution in [1.29, 1.82) is 0 Å². The maximum absolute atomic E-state index is 6.37. The van der Waals surface area contributed by atoms with Gasteiger partial charge in [0.25, 0.3) is 0 Å². The Balaban J connectivity index is 1.93. The summed E-state index contributed by atoms with van der Waals surface area (Å²) in [5.41, 5.74) is 2.81. The summed E-state index contributed by atoms with van der Waals surface area (Å²) in [6.45, 7) is 2.12.